The lowest BCUT2D eigenvalue weighted by Gasteiger charge is -2.33. The number of ether oxygens (including phenoxy) is 1. The number of nitrogens with zero attached hydrogens (tertiary/aromatic N) is 1. The van der Waals surface area contributed by atoms with Gasteiger partial charge >= 0.3 is 5.97 Å². The largest absolute Gasteiger partial charge is 0.492 e. The zero-order chi connectivity index (χ0) is 14.6. The first-order valence-electron chi connectivity index (χ1n) is 7.27. The topological polar surface area (TPSA) is 49.8 Å². The number of hydrogen-bond acceptors (Lipinski definition) is 3. The molecular weight excluding hydrogens is 254 g/mol. The van der Waals surface area contributed by atoms with Gasteiger partial charge in [-0.1, -0.05) is 32.0 Å². The number of rotatable bonds is 5. The summed E-state index contributed by atoms with van der Waals surface area (Å²) in [6.07, 6.45) is 1.30. The molecule has 4 heteroatoms. The van der Waals surface area contributed by atoms with Gasteiger partial charge in [-0.05, 0) is 18.9 Å². The maximum absolute atomic E-state index is 11.6. The highest BCUT2D eigenvalue weighted by atomic mass is 16.5. The Hall–Kier alpha value is -1.55. The first-order valence-corrected chi connectivity index (χ1v) is 7.27. The first-order chi connectivity index (χ1) is 9.61. The van der Waals surface area contributed by atoms with Gasteiger partial charge in [0, 0.05) is 25.2 Å². The Labute approximate surface area is 120 Å². The Morgan fingerprint density at radius 3 is 2.70 bits per heavy atom. The molecule has 0 spiro atoms. The molecule has 0 bridgehead atoms. The Balaban J connectivity index is 2.16. The van der Waals surface area contributed by atoms with Gasteiger partial charge in [-0.3, -0.25) is 9.69 Å². The predicted octanol–water partition coefficient (Wildman–Crippen LogP) is 2.77. The first kappa shape index (κ1) is 14.9. The summed E-state index contributed by atoms with van der Waals surface area (Å²) in [5, 5.41) is 9.56. The zero-order valence-electron chi connectivity index (χ0n) is 12.3. The van der Waals surface area contributed by atoms with Crippen molar-refractivity contribution in [3.8, 4) is 5.75 Å². The van der Waals surface area contributed by atoms with Gasteiger partial charge in [0.15, 0.2) is 0 Å². The molecule has 0 unspecified atom stereocenters. The van der Waals surface area contributed by atoms with E-state index in [0.29, 0.717) is 26.0 Å². The van der Waals surface area contributed by atoms with E-state index >= 15 is 0 Å². The number of hydrogen-bond donors (Lipinski definition) is 1. The van der Waals surface area contributed by atoms with Crippen molar-refractivity contribution >= 4 is 5.97 Å². The minimum atomic E-state index is -0.694. The number of para-hydroxylation sites is 1. The normalized spacial score (nSPS) is 16.1. The molecule has 1 aliphatic rings. The number of aliphatic carboxylic acids is 1. The van der Waals surface area contributed by atoms with Crippen LogP contribution in [0.3, 0.4) is 0 Å². The van der Waals surface area contributed by atoms with Gasteiger partial charge in [0.1, 0.15) is 12.4 Å². The van der Waals surface area contributed by atoms with Gasteiger partial charge in [-0.25, -0.2) is 0 Å². The van der Waals surface area contributed by atoms with Gasteiger partial charge in [0.2, 0.25) is 0 Å². The molecule has 0 radical (unpaired) electrons. The summed E-state index contributed by atoms with van der Waals surface area (Å²) in [5.74, 6) is 0.227. The molecule has 1 heterocycles. The maximum atomic E-state index is 11.6. The summed E-state index contributed by atoms with van der Waals surface area (Å²) in [5.41, 5.74) is 0.482. The molecule has 4 nitrogen and oxygen atoms in total. The van der Waals surface area contributed by atoms with Crippen LogP contribution in [0.25, 0.3) is 0 Å². The van der Waals surface area contributed by atoms with Crippen molar-refractivity contribution in [2.24, 2.45) is 5.41 Å². The molecule has 0 fully saturated rings. The number of carbonyl (C=O) groups is 1. The third kappa shape index (κ3) is 2.96. The van der Waals surface area contributed by atoms with E-state index < -0.39 is 11.4 Å². The Bertz CT molecular complexity index is 469. The summed E-state index contributed by atoms with van der Waals surface area (Å²) in [7, 11) is 0. The molecular formula is C16H23NO3. The van der Waals surface area contributed by atoms with Gasteiger partial charge in [-0.15, -0.1) is 0 Å². The van der Waals surface area contributed by atoms with Crippen molar-refractivity contribution in [1.82, 2.24) is 4.90 Å². The average molecular weight is 277 g/mol. The van der Waals surface area contributed by atoms with Gasteiger partial charge in [-0.2, -0.15) is 0 Å². The van der Waals surface area contributed by atoms with Crippen molar-refractivity contribution in [3.05, 3.63) is 29.8 Å². The van der Waals surface area contributed by atoms with Crippen molar-refractivity contribution in [2.75, 3.05) is 19.7 Å². The van der Waals surface area contributed by atoms with E-state index in [4.69, 9.17) is 4.74 Å². The summed E-state index contributed by atoms with van der Waals surface area (Å²) >= 11 is 0. The van der Waals surface area contributed by atoms with Crippen molar-refractivity contribution in [1.29, 1.82) is 0 Å². The minimum absolute atomic E-state index is 0.576. The monoisotopic (exact) mass is 277 g/mol. The predicted molar refractivity (Wildman–Crippen MR) is 77.9 cm³/mol. The molecule has 1 aromatic carbocycles. The Morgan fingerprint density at radius 1 is 1.35 bits per heavy atom. The van der Waals surface area contributed by atoms with Crippen LogP contribution < -0.4 is 4.74 Å². The van der Waals surface area contributed by atoms with E-state index in [1.165, 1.54) is 0 Å². The smallest absolute Gasteiger partial charge is 0.310 e. The lowest BCUT2D eigenvalue weighted by atomic mass is 9.81. The lowest BCUT2D eigenvalue weighted by molar-refractivity contribution is -0.151. The van der Waals surface area contributed by atoms with Crippen molar-refractivity contribution in [2.45, 2.75) is 33.2 Å². The standard InChI is InChI=1S/C16H23NO3/c1-3-16(4-2,15(18)19)12-17-9-10-20-14-8-6-5-7-13(14)11-17/h5-8H,3-4,9-12H2,1-2H3,(H,18,19). The molecule has 0 aliphatic carbocycles. The molecule has 0 saturated heterocycles. The average Bonchev–Trinajstić information content (AvgIpc) is 2.66. The fraction of sp³-hybridized carbons (Fsp3) is 0.562. The summed E-state index contributed by atoms with van der Waals surface area (Å²) < 4.78 is 5.73. The third-order valence-electron chi connectivity index (χ3n) is 4.37. The van der Waals surface area contributed by atoms with E-state index in [2.05, 4.69) is 4.90 Å². The maximum Gasteiger partial charge on any atom is 0.310 e. The van der Waals surface area contributed by atoms with Crippen LogP contribution in [0.4, 0.5) is 0 Å². The van der Waals surface area contributed by atoms with Crippen molar-refractivity contribution in [3.63, 3.8) is 0 Å². The highest BCUT2D eigenvalue weighted by Gasteiger charge is 2.37. The van der Waals surface area contributed by atoms with Crippen LogP contribution in [0.5, 0.6) is 5.75 Å². The van der Waals surface area contributed by atoms with Gasteiger partial charge in [0.05, 0.1) is 5.41 Å². The minimum Gasteiger partial charge on any atom is -0.492 e. The second-order valence-electron chi connectivity index (χ2n) is 5.46. The molecule has 0 aromatic heterocycles. The molecule has 1 N–H and O–H groups in total. The Morgan fingerprint density at radius 2 is 2.05 bits per heavy atom. The molecule has 1 aliphatic heterocycles. The molecule has 1 aromatic rings. The second kappa shape index (κ2) is 6.27. The molecule has 0 amide bonds. The fourth-order valence-corrected chi connectivity index (χ4v) is 2.79. The Kier molecular flexibility index (Phi) is 4.65. The molecule has 20 heavy (non-hydrogen) atoms. The van der Waals surface area contributed by atoms with Crippen LogP contribution in [-0.2, 0) is 11.3 Å². The molecule has 0 atom stereocenters. The number of carboxylic acids is 1. The SMILES string of the molecule is CCC(CC)(CN1CCOc2ccccc2C1)C(=O)O. The van der Waals surface area contributed by atoms with Crippen LogP contribution in [-0.4, -0.2) is 35.7 Å². The number of carboxylic acid groups (broad SMARTS) is 1. The van der Waals surface area contributed by atoms with Crippen LogP contribution >= 0.6 is 0 Å². The third-order valence-corrected chi connectivity index (χ3v) is 4.37. The highest BCUT2D eigenvalue weighted by Crippen LogP contribution is 2.30. The van der Waals surface area contributed by atoms with Crippen LogP contribution in [0.2, 0.25) is 0 Å². The number of fused-ring (bicyclic) bond motifs is 1. The van der Waals surface area contributed by atoms with Gasteiger partial charge < -0.3 is 9.84 Å². The molecule has 0 saturated carbocycles. The summed E-state index contributed by atoms with van der Waals surface area (Å²) in [6.45, 7) is 6.63. The highest BCUT2D eigenvalue weighted by molar-refractivity contribution is 5.74. The number of benzene rings is 1. The summed E-state index contributed by atoms with van der Waals surface area (Å²) in [6, 6.07) is 7.99. The van der Waals surface area contributed by atoms with E-state index in [1.807, 2.05) is 38.1 Å². The van der Waals surface area contributed by atoms with E-state index in [1.54, 1.807) is 0 Å². The van der Waals surface area contributed by atoms with Gasteiger partial charge in [0.25, 0.3) is 0 Å². The van der Waals surface area contributed by atoms with Crippen LogP contribution in [0.15, 0.2) is 24.3 Å². The molecule has 2 rings (SSSR count). The zero-order valence-corrected chi connectivity index (χ0v) is 12.3. The van der Waals surface area contributed by atoms with Crippen LogP contribution in [0, 0.1) is 5.41 Å². The van der Waals surface area contributed by atoms with Crippen molar-refractivity contribution < 1.29 is 14.6 Å². The quantitative estimate of drug-likeness (QED) is 0.899. The lowest BCUT2D eigenvalue weighted by Crippen LogP contribution is -2.43. The molecule has 110 valence electrons. The van der Waals surface area contributed by atoms with E-state index in [0.717, 1.165) is 24.4 Å². The second-order valence-corrected chi connectivity index (χ2v) is 5.46. The fourth-order valence-electron chi connectivity index (χ4n) is 2.79. The summed E-state index contributed by atoms with van der Waals surface area (Å²) in [4.78, 5) is 13.8. The van der Waals surface area contributed by atoms with E-state index in [9.17, 15) is 9.90 Å². The van der Waals surface area contributed by atoms with E-state index in [-0.39, 0.29) is 0 Å². The van der Waals surface area contributed by atoms with Crippen LogP contribution in [0.1, 0.15) is 32.3 Å².